The van der Waals surface area contributed by atoms with E-state index in [1.54, 1.807) is 0 Å². The van der Waals surface area contributed by atoms with Gasteiger partial charge in [-0.3, -0.25) is 14.4 Å². The van der Waals surface area contributed by atoms with Gasteiger partial charge in [-0.1, -0.05) is 286 Å². The first kappa shape index (κ1) is 63.4. The van der Waals surface area contributed by atoms with Crippen LogP contribution in [0, 0.1) is 17.8 Å². The molecule has 0 heterocycles. The molecule has 0 rings (SSSR count). The molecule has 1 unspecified atom stereocenters. The van der Waals surface area contributed by atoms with Crippen molar-refractivity contribution in [2.75, 3.05) is 13.2 Å². The highest BCUT2D eigenvalue weighted by molar-refractivity contribution is 5.71. The third kappa shape index (κ3) is 51.6. The van der Waals surface area contributed by atoms with Crippen molar-refractivity contribution < 1.29 is 28.6 Å². The first-order valence-corrected chi connectivity index (χ1v) is 29.1. The van der Waals surface area contributed by atoms with Crippen LogP contribution in [-0.2, 0) is 28.6 Å². The van der Waals surface area contributed by atoms with Crippen LogP contribution in [0.25, 0.3) is 0 Å². The minimum atomic E-state index is -0.764. The molecule has 0 aromatic carbocycles. The molecule has 6 heteroatoms. The molecule has 0 spiro atoms. The molecular formula is C59H114O6. The number of hydrogen-bond acceptors (Lipinski definition) is 6. The van der Waals surface area contributed by atoms with Crippen LogP contribution in [0.5, 0.6) is 0 Å². The van der Waals surface area contributed by atoms with E-state index >= 15 is 0 Å². The van der Waals surface area contributed by atoms with Crippen molar-refractivity contribution in [1.29, 1.82) is 0 Å². The van der Waals surface area contributed by atoms with Crippen molar-refractivity contribution in [3.05, 3.63) is 0 Å². The van der Waals surface area contributed by atoms with Gasteiger partial charge < -0.3 is 14.2 Å². The number of unbranched alkanes of at least 4 members (excludes halogenated alkanes) is 34. The lowest BCUT2D eigenvalue weighted by molar-refractivity contribution is -0.167. The average molecular weight is 920 g/mol. The molecule has 0 saturated heterocycles. The molecule has 0 fully saturated rings. The van der Waals surface area contributed by atoms with Crippen LogP contribution in [0.15, 0.2) is 0 Å². The van der Waals surface area contributed by atoms with E-state index in [1.807, 2.05) is 0 Å². The predicted octanol–water partition coefficient (Wildman–Crippen LogP) is 19.1. The van der Waals surface area contributed by atoms with E-state index < -0.39 is 6.10 Å². The van der Waals surface area contributed by atoms with Gasteiger partial charge >= 0.3 is 17.9 Å². The normalized spacial score (nSPS) is 12.6. The molecule has 2 atom stereocenters. The molecule has 0 N–H and O–H groups in total. The maximum atomic E-state index is 12.8. The standard InChI is InChI=1S/C59H114O6/c1-7-55(6)47-41-35-29-23-19-15-12-13-16-20-24-30-36-42-48-57(60)63-51-56(52-64-58(61)49-43-37-32-26-28-34-40-46-54(4)5)65-59(62)50-44-38-31-25-21-17-11-9-8-10-14-18-22-27-33-39-45-53(2)3/h53-56H,7-52H2,1-6H3/t55?,56-/m1/s1. The second kappa shape index (κ2) is 50.3. The van der Waals surface area contributed by atoms with Gasteiger partial charge in [0.1, 0.15) is 13.2 Å². The first-order valence-electron chi connectivity index (χ1n) is 29.1. The highest BCUT2D eigenvalue weighted by Gasteiger charge is 2.19. The minimum Gasteiger partial charge on any atom is -0.462 e. The average Bonchev–Trinajstić information content (AvgIpc) is 3.28. The molecule has 386 valence electrons. The van der Waals surface area contributed by atoms with E-state index in [0.29, 0.717) is 19.3 Å². The van der Waals surface area contributed by atoms with Crippen LogP contribution in [0.3, 0.4) is 0 Å². The van der Waals surface area contributed by atoms with Gasteiger partial charge in [0.05, 0.1) is 0 Å². The SMILES string of the molecule is CCC(C)CCCCCCCCCCCCCCCCC(=O)OC[C@H](COC(=O)CCCCCCCCCC(C)C)OC(=O)CCCCCCCCCCCCCCCCCCC(C)C. The molecule has 0 aromatic rings. The van der Waals surface area contributed by atoms with Crippen LogP contribution < -0.4 is 0 Å². The molecule has 0 aliphatic heterocycles. The summed E-state index contributed by atoms with van der Waals surface area (Å²) in [6.45, 7) is 13.8. The van der Waals surface area contributed by atoms with Crippen molar-refractivity contribution in [3.63, 3.8) is 0 Å². The Labute approximate surface area is 406 Å². The summed E-state index contributed by atoms with van der Waals surface area (Å²) in [6, 6.07) is 0. The summed E-state index contributed by atoms with van der Waals surface area (Å²) in [5.74, 6) is 1.68. The molecule has 65 heavy (non-hydrogen) atoms. The van der Waals surface area contributed by atoms with Crippen LogP contribution in [0.2, 0.25) is 0 Å². The maximum absolute atomic E-state index is 12.8. The number of hydrogen-bond donors (Lipinski definition) is 0. The monoisotopic (exact) mass is 919 g/mol. The number of carbonyl (C=O) groups is 3. The Morgan fingerprint density at radius 1 is 0.308 bits per heavy atom. The topological polar surface area (TPSA) is 78.9 Å². The smallest absolute Gasteiger partial charge is 0.306 e. The molecule has 0 aromatic heterocycles. The van der Waals surface area contributed by atoms with E-state index in [1.165, 1.54) is 205 Å². The second-order valence-corrected chi connectivity index (χ2v) is 21.5. The van der Waals surface area contributed by atoms with Crippen molar-refractivity contribution in [3.8, 4) is 0 Å². The Bertz CT molecular complexity index is 1010. The molecule has 0 saturated carbocycles. The van der Waals surface area contributed by atoms with Gasteiger partial charge in [0, 0.05) is 19.3 Å². The Morgan fingerprint density at radius 3 is 0.800 bits per heavy atom. The van der Waals surface area contributed by atoms with Crippen molar-refractivity contribution in [2.45, 2.75) is 330 Å². The van der Waals surface area contributed by atoms with E-state index in [-0.39, 0.29) is 31.1 Å². The van der Waals surface area contributed by atoms with Crippen molar-refractivity contribution >= 4 is 17.9 Å². The van der Waals surface area contributed by atoms with Crippen LogP contribution in [-0.4, -0.2) is 37.2 Å². The van der Waals surface area contributed by atoms with Gasteiger partial charge in [-0.2, -0.15) is 0 Å². The largest absolute Gasteiger partial charge is 0.462 e. The number of ether oxygens (including phenoxy) is 3. The van der Waals surface area contributed by atoms with E-state index in [9.17, 15) is 14.4 Å². The lowest BCUT2D eigenvalue weighted by atomic mass is 9.99. The molecule has 0 radical (unpaired) electrons. The lowest BCUT2D eigenvalue weighted by Gasteiger charge is -2.18. The highest BCUT2D eigenvalue weighted by atomic mass is 16.6. The number of carbonyl (C=O) groups excluding carboxylic acids is 3. The first-order chi connectivity index (χ1) is 31.6. The predicted molar refractivity (Wildman–Crippen MR) is 279 cm³/mol. The van der Waals surface area contributed by atoms with Gasteiger partial charge in [-0.25, -0.2) is 0 Å². The third-order valence-corrected chi connectivity index (χ3v) is 13.8. The zero-order chi connectivity index (χ0) is 47.7. The zero-order valence-corrected chi connectivity index (χ0v) is 44.8. The number of esters is 3. The van der Waals surface area contributed by atoms with Gasteiger partial charge in [-0.15, -0.1) is 0 Å². The zero-order valence-electron chi connectivity index (χ0n) is 44.8. The van der Waals surface area contributed by atoms with Gasteiger partial charge in [0.15, 0.2) is 6.10 Å². The van der Waals surface area contributed by atoms with Crippen LogP contribution in [0.1, 0.15) is 324 Å². The molecular weight excluding hydrogens is 805 g/mol. The molecule has 6 nitrogen and oxygen atoms in total. The Balaban J connectivity index is 4.24. The summed E-state index contributed by atoms with van der Waals surface area (Å²) >= 11 is 0. The Morgan fingerprint density at radius 2 is 0.538 bits per heavy atom. The van der Waals surface area contributed by atoms with Crippen LogP contribution >= 0.6 is 0 Å². The minimum absolute atomic E-state index is 0.0640. The van der Waals surface area contributed by atoms with E-state index in [0.717, 1.165) is 75.5 Å². The fraction of sp³-hybridized carbons (Fsp3) is 0.949. The Hall–Kier alpha value is -1.59. The van der Waals surface area contributed by atoms with Gasteiger partial charge in [0.25, 0.3) is 0 Å². The molecule has 0 aliphatic carbocycles. The fourth-order valence-corrected chi connectivity index (χ4v) is 8.97. The summed E-state index contributed by atoms with van der Waals surface area (Å²) in [6.07, 6.45) is 52.4. The third-order valence-electron chi connectivity index (χ3n) is 13.8. The summed E-state index contributed by atoms with van der Waals surface area (Å²) < 4.78 is 16.9. The Kier molecular flexibility index (Phi) is 49.1. The van der Waals surface area contributed by atoms with Crippen molar-refractivity contribution in [2.24, 2.45) is 17.8 Å². The van der Waals surface area contributed by atoms with Crippen LogP contribution in [0.4, 0.5) is 0 Å². The summed E-state index contributed by atoms with van der Waals surface area (Å²) in [5.41, 5.74) is 0. The molecule has 0 bridgehead atoms. The molecule has 0 amide bonds. The number of rotatable bonds is 52. The van der Waals surface area contributed by atoms with E-state index in [4.69, 9.17) is 14.2 Å². The van der Waals surface area contributed by atoms with E-state index in [2.05, 4.69) is 41.5 Å². The summed E-state index contributed by atoms with van der Waals surface area (Å²) in [5, 5.41) is 0. The second-order valence-electron chi connectivity index (χ2n) is 21.5. The van der Waals surface area contributed by atoms with Crippen molar-refractivity contribution in [1.82, 2.24) is 0 Å². The summed E-state index contributed by atoms with van der Waals surface area (Å²) in [7, 11) is 0. The maximum Gasteiger partial charge on any atom is 0.306 e. The quantitative estimate of drug-likeness (QED) is 0.0344. The fourth-order valence-electron chi connectivity index (χ4n) is 8.97. The van der Waals surface area contributed by atoms with Gasteiger partial charge in [-0.05, 0) is 37.0 Å². The molecule has 0 aliphatic rings. The highest BCUT2D eigenvalue weighted by Crippen LogP contribution is 2.19. The lowest BCUT2D eigenvalue weighted by Crippen LogP contribution is -2.30. The summed E-state index contributed by atoms with van der Waals surface area (Å²) in [4.78, 5) is 38.1. The van der Waals surface area contributed by atoms with Gasteiger partial charge in [0.2, 0.25) is 0 Å².